The van der Waals surface area contributed by atoms with Crippen molar-refractivity contribution in [3.63, 3.8) is 0 Å². The van der Waals surface area contributed by atoms with E-state index in [9.17, 15) is 0 Å². The van der Waals surface area contributed by atoms with E-state index in [1.165, 1.54) is 45.1 Å². The van der Waals surface area contributed by atoms with Gasteiger partial charge in [0, 0.05) is 39.4 Å². The van der Waals surface area contributed by atoms with Crippen LogP contribution in [-0.2, 0) is 4.74 Å². The fourth-order valence-electron chi connectivity index (χ4n) is 4.28. The zero-order valence-corrected chi connectivity index (χ0v) is 16.1. The summed E-state index contributed by atoms with van der Waals surface area (Å²) in [5.41, 5.74) is 0.362. The van der Waals surface area contributed by atoms with Gasteiger partial charge in [-0.15, -0.1) is 0 Å². The Bertz CT molecular complexity index is 380. The molecule has 140 valence electrons. The summed E-state index contributed by atoms with van der Waals surface area (Å²) < 4.78 is 5.34. The molecule has 0 bridgehead atoms. The number of nitrogens with zero attached hydrogens (tertiary/aromatic N) is 2. The van der Waals surface area contributed by atoms with E-state index in [1.807, 2.05) is 0 Å². The molecule has 1 saturated carbocycles. The smallest absolute Gasteiger partial charge is 0.191 e. The number of likely N-dealkylation sites (N-methyl/N-ethyl adjacent to an activating group) is 1. The van der Waals surface area contributed by atoms with Crippen molar-refractivity contribution in [1.29, 1.82) is 0 Å². The molecular weight excluding hydrogens is 300 g/mol. The number of hydrogen-bond acceptors (Lipinski definition) is 3. The Kier molecular flexibility index (Phi) is 8.33. The van der Waals surface area contributed by atoms with E-state index in [2.05, 4.69) is 29.4 Å². The van der Waals surface area contributed by atoms with Gasteiger partial charge in [0.05, 0.1) is 0 Å². The summed E-state index contributed by atoms with van der Waals surface area (Å²) in [6.45, 7) is 10.5. The maximum atomic E-state index is 5.34. The van der Waals surface area contributed by atoms with Crippen molar-refractivity contribution in [3.8, 4) is 0 Å². The molecule has 24 heavy (non-hydrogen) atoms. The van der Waals surface area contributed by atoms with Gasteiger partial charge in [0.2, 0.25) is 0 Å². The number of hydrogen-bond donors (Lipinski definition) is 2. The van der Waals surface area contributed by atoms with Gasteiger partial charge in [-0.3, -0.25) is 9.89 Å². The molecule has 2 rings (SSSR count). The Morgan fingerprint density at radius 1 is 1.21 bits per heavy atom. The van der Waals surface area contributed by atoms with Crippen LogP contribution in [0.15, 0.2) is 4.99 Å². The fourth-order valence-corrected chi connectivity index (χ4v) is 4.28. The highest BCUT2D eigenvalue weighted by Gasteiger charge is 2.33. The minimum Gasteiger partial charge on any atom is -0.385 e. The van der Waals surface area contributed by atoms with Gasteiger partial charge in [-0.1, -0.05) is 19.8 Å². The highest BCUT2D eigenvalue weighted by Crippen LogP contribution is 2.41. The average Bonchev–Trinajstić information content (AvgIpc) is 3.25. The zero-order valence-electron chi connectivity index (χ0n) is 16.1. The number of ether oxygens (including phenoxy) is 1. The van der Waals surface area contributed by atoms with E-state index >= 15 is 0 Å². The highest BCUT2D eigenvalue weighted by molar-refractivity contribution is 5.79. The molecule has 0 radical (unpaired) electrons. The number of methoxy groups -OCH3 is 1. The molecule has 1 atom stereocenters. The van der Waals surface area contributed by atoms with E-state index < -0.39 is 0 Å². The Hall–Kier alpha value is -0.810. The second-order valence-electron chi connectivity index (χ2n) is 7.45. The number of aliphatic imine (C=N–C) groups is 1. The molecule has 1 aliphatic carbocycles. The van der Waals surface area contributed by atoms with Crippen molar-refractivity contribution >= 4 is 5.96 Å². The summed E-state index contributed by atoms with van der Waals surface area (Å²) >= 11 is 0. The number of guanidine groups is 1. The molecular formula is C19H38N4O. The predicted octanol–water partition coefficient (Wildman–Crippen LogP) is 2.62. The summed E-state index contributed by atoms with van der Waals surface area (Å²) in [5.74, 6) is 0.990. The largest absolute Gasteiger partial charge is 0.385 e. The van der Waals surface area contributed by atoms with Crippen molar-refractivity contribution in [2.24, 2.45) is 10.4 Å². The van der Waals surface area contributed by atoms with Crippen molar-refractivity contribution in [2.45, 2.75) is 64.8 Å². The van der Waals surface area contributed by atoms with Crippen LogP contribution in [-0.4, -0.2) is 63.3 Å². The molecule has 1 saturated heterocycles. The summed E-state index contributed by atoms with van der Waals surface area (Å²) in [6, 6.07) is 0.660. The third-order valence-electron chi connectivity index (χ3n) is 5.83. The topological polar surface area (TPSA) is 48.9 Å². The molecule has 1 aliphatic heterocycles. The van der Waals surface area contributed by atoms with Crippen LogP contribution in [0.25, 0.3) is 0 Å². The molecule has 0 aromatic rings. The first kappa shape index (κ1) is 19.5. The lowest BCUT2D eigenvalue weighted by molar-refractivity contribution is 0.141. The summed E-state index contributed by atoms with van der Waals surface area (Å²) in [7, 11) is 1.80. The quantitative estimate of drug-likeness (QED) is 0.501. The van der Waals surface area contributed by atoms with Gasteiger partial charge in [-0.05, 0) is 57.5 Å². The molecule has 0 spiro atoms. The molecule has 5 heteroatoms. The van der Waals surface area contributed by atoms with Crippen molar-refractivity contribution in [2.75, 3.05) is 46.4 Å². The van der Waals surface area contributed by atoms with Crippen molar-refractivity contribution in [1.82, 2.24) is 15.5 Å². The van der Waals surface area contributed by atoms with Crippen LogP contribution in [0.1, 0.15) is 58.8 Å². The maximum absolute atomic E-state index is 5.34. The first-order valence-electron chi connectivity index (χ1n) is 9.98. The predicted molar refractivity (Wildman–Crippen MR) is 102 cm³/mol. The fraction of sp³-hybridized carbons (Fsp3) is 0.947. The van der Waals surface area contributed by atoms with Crippen LogP contribution >= 0.6 is 0 Å². The van der Waals surface area contributed by atoms with E-state index in [0.29, 0.717) is 11.5 Å². The van der Waals surface area contributed by atoms with E-state index in [0.717, 1.165) is 45.2 Å². The third-order valence-corrected chi connectivity index (χ3v) is 5.83. The van der Waals surface area contributed by atoms with Gasteiger partial charge in [0.25, 0.3) is 0 Å². The zero-order chi connectivity index (χ0) is 17.3. The first-order chi connectivity index (χ1) is 11.7. The third kappa shape index (κ3) is 5.62. The number of rotatable bonds is 9. The Morgan fingerprint density at radius 3 is 2.67 bits per heavy atom. The summed E-state index contributed by atoms with van der Waals surface area (Å²) in [4.78, 5) is 7.53. The molecule has 2 fully saturated rings. The molecule has 1 unspecified atom stereocenters. The second kappa shape index (κ2) is 10.2. The van der Waals surface area contributed by atoms with Crippen LogP contribution in [0, 0.1) is 5.41 Å². The molecule has 1 heterocycles. The van der Waals surface area contributed by atoms with Gasteiger partial charge >= 0.3 is 0 Å². The molecule has 5 nitrogen and oxygen atoms in total. The van der Waals surface area contributed by atoms with Crippen LogP contribution in [0.2, 0.25) is 0 Å². The Morgan fingerprint density at radius 2 is 2.00 bits per heavy atom. The van der Waals surface area contributed by atoms with Gasteiger partial charge < -0.3 is 15.4 Å². The minimum atomic E-state index is 0.362. The molecule has 0 aromatic carbocycles. The van der Waals surface area contributed by atoms with Gasteiger partial charge in [0.15, 0.2) is 5.96 Å². The van der Waals surface area contributed by atoms with Crippen LogP contribution in [0.4, 0.5) is 0 Å². The van der Waals surface area contributed by atoms with E-state index in [-0.39, 0.29) is 0 Å². The average molecular weight is 339 g/mol. The van der Waals surface area contributed by atoms with Crippen molar-refractivity contribution in [3.05, 3.63) is 0 Å². The first-order valence-corrected chi connectivity index (χ1v) is 9.98. The minimum absolute atomic E-state index is 0.362. The Labute approximate surface area is 148 Å². The van der Waals surface area contributed by atoms with Crippen molar-refractivity contribution < 1.29 is 4.74 Å². The number of nitrogens with one attached hydrogen (secondary N) is 2. The van der Waals surface area contributed by atoms with Gasteiger partial charge in [-0.25, -0.2) is 0 Å². The lowest BCUT2D eigenvalue weighted by Gasteiger charge is -2.28. The molecule has 2 N–H and O–H groups in total. The van der Waals surface area contributed by atoms with Gasteiger partial charge in [0.1, 0.15) is 0 Å². The SMILES string of the molecule is CCNC(=NCC1(CCOC)CCCC1)NCC1CCCN1CC. The monoisotopic (exact) mass is 338 g/mol. The van der Waals surface area contributed by atoms with Gasteiger partial charge in [-0.2, -0.15) is 0 Å². The second-order valence-corrected chi connectivity index (χ2v) is 7.45. The summed E-state index contributed by atoms with van der Waals surface area (Å²) in [6.07, 6.45) is 9.05. The van der Waals surface area contributed by atoms with E-state index in [4.69, 9.17) is 9.73 Å². The molecule has 0 aromatic heterocycles. The lowest BCUT2D eigenvalue weighted by atomic mass is 9.83. The maximum Gasteiger partial charge on any atom is 0.191 e. The normalized spacial score (nSPS) is 24.5. The van der Waals surface area contributed by atoms with Crippen LogP contribution < -0.4 is 10.6 Å². The summed E-state index contributed by atoms with van der Waals surface area (Å²) in [5, 5.41) is 7.02. The highest BCUT2D eigenvalue weighted by atomic mass is 16.5. The lowest BCUT2D eigenvalue weighted by Crippen LogP contribution is -2.45. The number of likely N-dealkylation sites (tertiary alicyclic amines) is 1. The van der Waals surface area contributed by atoms with Crippen LogP contribution in [0.3, 0.4) is 0 Å². The molecule has 2 aliphatic rings. The van der Waals surface area contributed by atoms with Crippen LogP contribution in [0.5, 0.6) is 0 Å². The standard InChI is InChI=1S/C19H38N4O/c1-4-20-18(21-15-17-9-8-13-23(17)5-2)22-16-19(12-14-24-3)10-6-7-11-19/h17H,4-16H2,1-3H3,(H2,20,21,22). The van der Waals surface area contributed by atoms with E-state index in [1.54, 1.807) is 7.11 Å². The molecule has 0 amide bonds. The Balaban J connectivity index is 1.89.